The van der Waals surface area contributed by atoms with Crippen LogP contribution in [0.5, 0.6) is 5.75 Å². The zero-order valence-electron chi connectivity index (χ0n) is 9.82. The van der Waals surface area contributed by atoms with Crippen molar-refractivity contribution in [2.75, 3.05) is 6.61 Å². The van der Waals surface area contributed by atoms with E-state index >= 15 is 0 Å². The lowest BCUT2D eigenvalue weighted by molar-refractivity contribution is -0.121. The Morgan fingerprint density at radius 3 is 2.94 bits per heavy atom. The van der Waals surface area contributed by atoms with Crippen LogP contribution in [0.1, 0.15) is 29.6 Å². The molecule has 0 unspecified atom stereocenters. The van der Waals surface area contributed by atoms with Gasteiger partial charge in [0, 0.05) is 16.1 Å². The zero-order chi connectivity index (χ0) is 13.0. The van der Waals surface area contributed by atoms with Gasteiger partial charge in [0.15, 0.2) is 6.29 Å². The number of halogens is 1. The van der Waals surface area contributed by atoms with E-state index in [0.717, 1.165) is 23.6 Å². The number of aldehydes is 1. The monoisotopic (exact) mass is 311 g/mol. The predicted molar refractivity (Wildman–Crippen MR) is 70.8 cm³/mol. The van der Waals surface area contributed by atoms with E-state index in [2.05, 4.69) is 21.2 Å². The lowest BCUT2D eigenvalue weighted by Crippen LogP contribution is -2.26. The highest BCUT2D eigenvalue weighted by atomic mass is 79.9. The molecule has 1 aromatic carbocycles. The molecule has 1 aliphatic rings. The third kappa shape index (κ3) is 3.84. The van der Waals surface area contributed by atoms with Crippen molar-refractivity contribution in [3.63, 3.8) is 0 Å². The topological polar surface area (TPSA) is 55.4 Å². The van der Waals surface area contributed by atoms with Gasteiger partial charge in [0.25, 0.3) is 0 Å². The molecule has 0 radical (unpaired) electrons. The van der Waals surface area contributed by atoms with E-state index in [1.54, 1.807) is 18.2 Å². The molecule has 0 spiro atoms. The smallest absolute Gasteiger partial charge is 0.223 e. The van der Waals surface area contributed by atoms with Gasteiger partial charge in [-0.3, -0.25) is 9.59 Å². The van der Waals surface area contributed by atoms with Gasteiger partial charge in [-0.1, -0.05) is 15.9 Å². The van der Waals surface area contributed by atoms with E-state index in [4.69, 9.17) is 4.74 Å². The fourth-order valence-corrected chi connectivity index (χ4v) is 1.83. The SMILES string of the molecule is O=Cc1cc(OCCC(=O)NC2CC2)ccc1Br. The van der Waals surface area contributed by atoms with Crippen LogP contribution in [0.25, 0.3) is 0 Å². The number of rotatable bonds is 6. The van der Waals surface area contributed by atoms with Crippen LogP contribution in [0, 0.1) is 0 Å². The Morgan fingerprint density at radius 1 is 1.50 bits per heavy atom. The molecule has 1 aliphatic carbocycles. The second-order valence-electron chi connectivity index (χ2n) is 4.24. The van der Waals surface area contributed by atoms with E-state index < -0.39 is 0 Å². The minimum atomic E-state index is 0.0187. The van der Waals surface area contributed by atoms with E-state index in [0.29, 0.717) is 30.4 Å². The number of benzene rings is 1. The van der Waals surface area contributed by atoms with Crippen LogP contribution in [0.15, 0.2) is 22.7 Å². The summed E-state index contributed by atoms with van der Waals surface area (Å²) in [7, 11) is 0. The second-order valence-corrected chi connectivity index (χ2v) is 5.10. The van der Waals surface area contributed by atoms with Crippen LogP contribution in [-0.2, 0) is 4.79 Å². The third-order valence-corrected chi connectivity index (χ3v) is 3.36. The molecule has 1 saturated carbocycles. The number of hydrogen-bond acceptors (Lipinski definition) is 3. The zero-order valence-corrected chi connectivity index (χ0v) is 11.4. The normalized spacial score (nSPS) is 14.1. The molecule has 1 aromatic rings. The molecule has 0 aromatic heterocycles. The molecule has 18 heavy (non-hydrogen) atoms. The Balaban J connectivity index is 1.78. The van der Waals surface area contributed by atoms with Crippen molar-refractivity contribution in [2.24, 2.45) is 0 Å². The summed E-state index contributed by atoms with van der Waals surface area (Å²) >= 11 is 3.27. The van der Waals surface area contributed by atoms with E-state index in [1.165, 1.54) is 0 Å². The van der Waals surface area contributed by atoms with Crippen molar-refractivity contribution in [3.8, 4) is 5.75 Å². The standard InChI is InChI=1S/C13H14BrNO3/c14-12-4-3-11(7-9(12)8-16)18-6-5-13(17)15-10-1-2-10/h3-4,7-8,10H,1-2,5-6H2,(H,15,17). The van der Waals surface area contributed by atoms with Gasteiger partial charge in [0.05, 0.1) is 13.0 Å². The molecule has 1 N–H and O–H groups in total. The van der Waals surface area contributed by atoms with Gasteiger partial charge < -0.3 is 10.1 Å². The van der Waals surface area contributed by atoms with Crippen LogP contribution in [0.4, 0.5) is 0 Å². The van der Waals surface area contributed by atoms with Gasteiger partial charge >= 0.3 is 0 Å². The molecule has 4 nitrogen and oxygen atoms in total. The van der Waals surface area contributed by atoms with Crippen molar-refractivity contribution in [3.05, 3.63) is 28.2 Å². The first-order chi connectivity index (χ1) is 8.69. The largest absolute Gasteiger partial charge is 0.493 e. The summed E-state index contributed by atoms with van der Waals surface area (Å²) in [5.74, 6) is 0.616. The lowest BCUT2D eigenvalue weighted by atomic mass is 10.2. The van der Waals surface area contributed by atoms with Crippen molar-refractivity contribution in [1.29, 1.82) is 0 Å². The van der Waals surface area contributed by atoms with Crippen LogP contribution in [0.3, 0.4) is 0 Å². The van der Waals surface area contributed by atoms with Gasteiger partial charge in [0.1, 0.15) is 5.75 Å². The van der Waals surface area contributed by atoms with Crippen LogP contribution in [-0.4, -0.2) is 24.8 Å². The quantitative estimate of drug-likeness (QED) is 0.820. The summed E-state index contributed by atoms with van der Waals surface area (Å²) in [6.07, 6.45) is 3.27. The van der Waals surface area contributed by atoms with Gasteiger partial charge in [-0.2, -0.15) is 0 Å². The molecular formula is C13H14BrNO3. The molecule has 0 atom stereocenters. The number of carbonyl (C=O) groups is 2. The Bertz CT molecular complexity index is 458. The first-order valence-electron chi connectivity index (χ1n) is 5.86. The van der Waals surface area contributed by atoms with E-state index in [9.17, 15) is 9.59 Å². The second kappa shape index (κ2) is 6.00. The van der Waals surface area contributed by atoms with Gasteiger partial charge in [-0.15, -0.1) is 0 Å². The summed E-state index contributed by atoms with van der Waals surface area (Å²) in [5.41, 5.74) is 0.537. The summed E-state index contributed by atoms with van der Waals surface area (Å²) in [5, 5.41) is 2.89. The van der Waals surface area contributed by atoms with Gasteiger partial charge in [-0.25, -0.2) is 0 Å². The molecule has 0 heterocycles. The number of hydrogen-bond donors (Lipinski definition) is 1. The Kier molecular flexibility index (Phi) is 4.36. The van der Waals surface area contributed by atoms with Crippen molar-refractivity contribution < 1.29 is 14.3 Å². The van der Waals surface area contributed by atoms with Crippen molar-refractivity contribution in [1.82, 2.24) is 5.32 Å². The number of ether oxygens (including phenoxy) is 1. The van der Waals surface area contributed by atoms with Gasteiger partial charge in [0.2, 0.25) is 5.91 Å². The first-order valence-corrected chi connectivity index (χ1v) is 6.65. The maximum atomic E-state index is 11.4. The minimum absolute atomic E-state index is 0.0187. The van der Waals surface area contributed by atoms with E-state index in [1.807, 2.05) is 0 Å². The third-order valence-electron chi connectivity index (χ3n) is 2.63. The summed E-state index contributed by atoms with van der Waals surface area (Å²) < 4.78 is 6.17. The van der Waals surface area contributed by atoms with Crippen molar-refractivity contribution in [2.45, 2.75) is 25.3 Å². The summed E-state index contributed by atoms with van der Waals surface area (Å²) in [6.45, 7) is 0.318. The number of nitrogens with one attached hydrogen (secondary N) is 1. The van der Waals surface area contributed by atoms with E-state index in [-0.39, 0.29) is 5.91 Å². The molecular weight excluding hydrogens is 298 g/mol. The minimum Gasteiger partial charge on any atom is -0.493 e. The molecule has 0 bridgehead atoms. The lowest BCUT2D eigenvalue weighted by Gasteiger charge is -2.07. The maximum Gasteiger partial charge on any atom is 0.223 e. The molecule has 5 heteroatoms. The Hall–Kier alpha value is -1.36. The highest BCUT2D eigenvalue weighted by Crippen LogP contribution is 2.21. The highest BCUT2D eigenvalue weighted by Gasteiger charge is 2.22. The predicted octanol–water partition coefficient (Wildman–Crippen LogP) is 2.31. The average Bonchev–Trinajstić information content (AvgIpc) is 3.15. The molecule has 1 fully saturated rings. The maximum absolute atomic E-state index is 11.4. The molecule has 2 rings (SSSR count). The fourth-order valence-electron chi connectivity index (χ4n) is 1.49. The molecule has 0 saturated heterocycles. The summed E-state index contributed by atoms with van der Waals surface area (Å²) in [6, 6.07) is 5.54. The Labute approximate surface area is 114 Å². The molecule has 96 valence electrons. The first kappa shape index (κ1) is 13.1. The van der Waals surface area contributed by atoms with Crippen LogP contribution >= 0.6 is 15.9 Å². The highest BCUT2D eigenvalue weighted by molar-refractivity contribution is 9.10. The summed E-state index contributed by atoms with van der Waals surface area (Å²) in [4.78, 5) is 22.1. The molecule has 0 aliphatic heterocycles. The fraction of sp³-hybridized carbons (Fsp3) is 0.385. The van der Waals surface area contributed by atoms with Crippen molar-refractivity contribution >= 4 is 28.1 Å². The number of amides is 1. The number of carbonyl (C=O) groups excluding carboxylic acids is 2. The van der Waals surface area contributed by atoms with Crippen LogP contribution in [0.2, 0.25) is 0 Å². The molecule has 1 amide bonds. The average molecular weight is 312 g/mol. The van der Waals surface area contributed by atoms with Gasteiger partial charge in [-0.05, 0) is 31.0 Å². The van der Waals surface area contributed by atoms with Crippen LogP contribution < -0.4 is 10.1 Å². The Morgan fingerprint density at radius 2 is 2.28 bits per heavy atom.